The average Bonchev–Trinajstić information content (AvgIpc) is 3.44. The molecule has 0 radical (unpaired) electrons. The van der Waals surface area contributed by atoms with Gasteiger partial charge >= 0.3 is 0 Å². The van der Waals surface area contributed by atoms with Gasteiger partial charge in [0.2, 0.25) is 11.8 Å². The highest BCUT2D eigenvalue weighted by Gasteiger charge is 2.58. The lowest BCUT2D eigenvalue weighted by atomic mass is 9.85. The molecule has 2 bridgehead atoms. The first-order valence-corrected chi connectivity index (χ1v) is 11.9. The quantitative estimate of drug-likeness (QED) is 0.117. The van der Waals surface area contributed by atoms with Crippen LogP contribution in [0.5, 0.6) is 0 Å². The number of hydrogen-bond donors (Lipinski definition) is 2. The van der Waals surface area contributed by atoms with Gasteiger partial charge in [-0.2, -0.15) is 0 Å². The number of amides is 2. The Morgan fingerprint density at radius 3 is 2.42 bits per heavy atom. The molecule has 2 amide bonds. The lowest BCUT2D eigenvalue weighted by Crippen LogP contribution is -2.43. The Balaban J connectivity index is 0.00000272. The minimum Gasteiger partial charge on any atom is -0.378 e. The number of carbonyl (C=O) groups is 2. The highest BCUT2D eigenvalue weighted by atomic mass is 127. The smallest absolute Gasteiger partial charge is 0.233 e. The predicted octanol–water partition coefficient (Wildman–Crippen LogP) is 2.71. The van der Waals surface area contributed by atoms with Crippen molar-refractivity contribution in [2.75, 3.05) is 32.8 Å². The summed E-state index contributed by atoms with van der Waals surface area (Å²) in [6, 6.07) is 0. The van der Waals surface area contributed by atoms with E-state index < -0.39 is 0 Å². The molecule has 0 aromatic rings. The Morgan fingerprint density at radius 1 is 1.10 bits per heavy atom. The van der Waals surface area contributed by atoms with Gasteiger partial charge in [0.15, 0.2) is 5.96 Å². The van der Waals surface area contributed by atoms with Crippen LogP contribution in [0.3, 0.4) is 0 Å². The summed E-state index contributed by atoms with van der Waals surface area (Å²) in [5.74, 6) is 1.08. The van der Waals surface area contributed by atoms with Gasteiger partial charge in [0, 0.05) is 32.8 Å². The Labute approximate surface area is 202 Å². The zero-order valence-corrected chi connectivity index (χ0v) is 20.9. The summed E-state index contributed by atoms with van der Waals surface area (Å²) < 4.78 is 5.96. The van der Waals surface area contributed by atoms with Gasteiger partial charge in [-0.05, 0) is 44.4 Å². The van der Waals surface area contributed by atoms with Crippen molar-refractivity contribution in [2.45, 2.75) is 58.0 Å². The summed E-state index contributed by atoms with van der Waals surface area (Å²) in [6.07, 6.45) is 12.9. The summed E-state index contributed by atoms with van der Waals surface area (Å²) in [4.78, 5) is 31.6. The Hall–Kier alpha value is -1.16. The second kappa shape index (κ2) is 11.6. The van der Waals surface area contributed by atoms with E-state index in [1.54, 1.807) is 0 Å². The van der Waals surface area contributed by atoms with Gasteiger partial charge in [-0.15, -0.1) is 24.0 Å². The molecule has 31 heavy (non-hydrogen) atoms. The fourth-order valence-corrected chi connectivity index (χ4v) is 5.55. The monoisotopic (exact) mass is 544 g/mol. The van der Waals surface area contributed by atoms with Gasteiger partial charge < -0.3 is 15.4 Å². The van der Waals surface area contributed by atoms with Gasteiger partial charge in [0.25, 0.3) is 0 Å². The molecule has 0 aromatic carbocycles. The maximum Gasteiger partial charge on any atom is 0.233 e. The normalized spacial score (nSPS) is 30.0. The molecule has 2 N–H and O–H groups in total. The molecule has 3 fully saturated rings. The van der Waals surface area contributed by atoms with Crippen LogP contribution in [0.25, 0.3) is 0 Å². The maximum atomic E-state index is 12.7. The number of halogens is 1. The molecule has 1 saturated heterocycles. The van der Waals surface area contributed by atoms with Gasteiger partial charge in [-0.1, -0.05) is 31.4 Å². The summed E-state index contributed by atoms with van der Waals surface area (Å²) in [7, 11) is 0. The third-order valence-electron chi connectivity index (χ3n) is 7.01. The third kappa shape index (κ3) is 5.61. The van der Waals surface area contributed by atoms with Crippen molar-refractivity contribution in [2.24, 2.45) is 28.7 Å². The van der Waals surface area contributed by atoms with Crippen LogP contribution in [0, 0.1) is 23.7 Å². The van der Waals surface area contributed by atoms with E-state index in [0.29, 0.717) is 25.7 Å². The first-order valence-electron chi connectivity index (χ1n) is 11.9. The number of rotatable bonds is 9. The lowest BCUT2D eigenvalue weighted by Gasteiger charge is -2.21. The molecular weight excluding hydrogens is 507 g/mol. The maximum absolute atomic E-state index is 12.7. The summed E-state index contributed by atoms with van der Waals surface area (Å²) in [6.45, 7) is 5.17. The molecule has 3 aliphatic carbocycles. The first-order chi connectivity index (χ1) is 14.7. The minimum absolute atomic E-state index is 0. The van der Waals surface area contributed by atoms with E-state index in [4.69, 9.17) is 4.74 Å². The number of fused-ring (bicyclic) bond motifs is 5. The van der Waals surface area contributed by atoms with Gasteiger partial charge in [0.1, 0.15) is 0 Å². The van der Waals surface area contributed by atoms with Gasteiger partial charge in [-0.25, -0.2) is 0 Å². The van der Waals surface area contributed by atoms with E-state index in [1.807, 2.05) is 6.92 Å². The average molecular weight is 544 g/mol. The van der Waals surface area contributed by atoms with E-state index in [9.17, 15) is 9.59 Å². The lowest BCUT2D eigenvalue weighted by molar-refractivity contribution is -0.140. The van der Waals surface area contributed by atoms with Crippen molar-refractivity contribution in [1.82, 2.24) is 15.5 Å². The Morgan fingerprint density at radius 2 is 1.77 bits per heavy atom. The van der Waals surface area contributed by atoms with Crippen LogP contribution in [-0.2, 0) is 14.3 Å². The first kappa shape index (κ1) is 24.5. The fraction of sp³-hybridized carbons (Fsp3) is 0.783. The molecule has 2 saturated carbocycles. The fourth-order valence-electron chi connectivity index (χ4n) is 5.55. The number of imide groups is 1. The van der Waals surface area contributed by atoms with Crippen molar-refractivity contribution in [1.29, 1.82) is 0 Å². The Kier molecular flexibility index (Phi) is 9.18. The summed E-state index contributed by atoms with van der Waals surface area (Å²) >= 11 is 0. The van der Waals surface area contributed by atoms with E-state index in [-0.39, 0.29) is 59.5 Å². The predicted molar refractivity (Wildman–Crippen MR) is 131 cm³/mol. The highest BCUT2D eigenvalue weighted by Crippen LogP contribution is 2.52. The van der Waals surface area contributed by atoms with Crippen LogP contribution in [0.4, 0.5) is 0 Å². The molecule has 4 atom stereocenters. The van der Waals surface area contributed by atoms with Crippen LogP contribution >= 0.6 is 24.0 Å². The van der Waals surface area contributed by atoms with Gasteiger partial charge in [0.05, 0.1) is 17.9 Å². The number of likely N-dealkylation sites (tertiary alicyclic amines) is 1. The molecule has 174 valence electrons. The highest BCUT2D eigenvalue weighted by molar-refractivity contribution is 14.0. The number of hydrogen-bond acceptors (Lipinski definition) is 4. The zero-order valence-electron chi connectivity index (χ0n) is 18.6. The molecule has 8 heteroatoms. The summed E-state index contributed by atoms with van der Waals surface area (Å²) in [5.41, 5.74) is 0. The molecule has 0 spiro atoms. The largest absolute Gasteiger partial charge is 0.378 e. The van der Waals surface area contributed by atoms with Crippen molar-refractivity contribution in [3.63, 3.8) is 0 Å². The van der Waals surface area contributed by atoms with Crippen LogP contribution in [0.2, 0.25) is 0 Å². The third-order valence-corrected chi connectivity index (χ3v) is 7.01. The van der Waals surface area contributed by atoms with Crippen molar-refractivity contribution < 1.29 is 14.3 Å². The van der Waals surface area contributed by atoms with E-state index in [0.717, 1.165) is 32.0 Å². The topological polar surface area (TPSA) is 83.0 Å². The minimum atomic E-state index is -0.112. The van der Waals surface area contributed by atoms with Crippen LogP contribution in [-0.4, -0.2) is 61.6 Å². The van der Waals surface area contributed by atoms with Crippen molar-refractivity contribution in [3.05, 3.63) is 12.2 Å². The molecular formula is C23H37IN4O3. The molecule has 4 aliphatic rings. The second-order valence-electron chi connectivity index (χ2n) is 9.00. The summed E-state index contributed by atoms with van der Waals surface area (Å²) in [5, 5.41) is 6.50. The second-order valence-corrected chi connectivity index (χ2v) is 9.00. The molecule has 4 rings (SSSR count). The van der Waals surface area contributed by atoms with Gasteiger partial charge in [-0.3, -0.25) is 19.5 Å². The standard InChI is InChI=1S/C23H36N4O3.HI/c1-2-24-23(25-11-6-14-30-18-7-4-3-5-8-18)26-12-13-27-21(28)19-16-9-10-17(15-16)20(19)22(27)29;/h9-10,16-20H,2-8,11-15H2,1H3,(H2,24,25,26);1H. The van der Waals surface area contributed by atoms with Crippen molar-refractivity contribution in [3.8, 4) is 0 Å². The van der Waals surface area contributed by atoms with Crippen LogP contribution in [0.1, 0.15) is 51.9 Å². The number of allylic oxidation sites excluding steroid dienone is 2. The number of nitrogens with zero attached hydrogens (tertiary/aromatic N) is 2. The van der Waals surface area contributed by atoms with E-state index in [1.165, 1.54) is 37.0 Å². The van der Waals surface area contributed by atoms with Crippen molar-refractivity contribution >= 4 is 41.8 Å². The molecule has 1 heterocycles. The zero-order chi connectivity index (χ0) is 20.9. The number of nitrogens with one attached hydrogen (secondary N) is 2. The SMILES string of the molecule is CCNC(=NCCCOC1CCCCC1)NCCN1C(=O)C2C3C=CC(C3)C2C1=O.I. The molecule has 0 aromatic heterocycles. The molecule has 7 nitrogen and oxygen atoms in total. The number of guanidine groups is 1. The molecule has 1 aliphatic heterocycles. The number of aliphatic imine (C=N–C) groups is 1. The van der Waals surface area contributed by atoms with Crippen LogP contribution in [0.15, 0.2) is 17.1 Å². The number of ether oxygens (including phenoxy) is 1. The molecule has 4 unspecified atom stereocenters. The van der Waals surface area contributed by atoms with E-state index in [2.05, 4.69) is 27.8 Å². The Bertz CT molecular complexity index is 662. The van der Waals surface area contributed by atoms with Crippen LogP contribution < -0.4 is 10.6 Å². The van der Waals surface area contributed by atoms with E-state index >= 15 is 0 Å². The number of carbonyl (C=O) groups excluding carboxylic acids is 2.